The fourth-order valence-corrected chi connectivity index (χ4v) is 3.63. The first kappa shape index (κ1) is 24.1. The van der Waals surface area contributed by atoms with Crippen LogP contribution in [0, 0.1) is 0 Å². The Labute approximate surface area is 176 Å². The molecule has 1 aromatic rings. The lowest BCUT2D eigenvalue weighted by Crippen LogP contribution is -2.46. The highest BCUT2D eigenvalue weighted by molar-refractivity contribution is 6.32. The normalized spacial score (nSPS) is 18.2. The number of hydrogen-bond donors (Lipinski definition) is 2. The Kier molecular flexibility index (Phi) is 9.08. The standard InChI is InChI=1S/C21H28BF2NO5/c22-16-7-5-6-15(14-16)21(23,24)18(26)10-9-17-11-13-30-20(29)25(17)12-4-2-1-3-8-19(27)28/h5-7,14,17-18,26H,1-4,8-13H2,(H,27,28)/t17-,18?/m0/s1. The topological polar surface area (TPSA) is 87.1 Å². The number of benzene rings is 1. The van der Waals surface area contributed by atoms with E-state index in [1.165, 1.54) is 23.1 Å². The summed E-state index contributed by atoms with van der Waals surface area (Å²) in [6.45, 7) is 0.637. The molecular weight excluding hydrogens is 395 g/mol. The van der Waals surface area contributed by atoms with Gasteiger partial charge in [0.1, 0.15) is 14.0 Å². The maximum absolute atomic E-state index is 14.6. The van der Waals surface area contributed by atoms with E-state index in [0.717, 1.165) is 18.9 Å². The third-order valence-electron chi connectivity index (χ3n) is 5.35. The van der Waals surface area contributed by atoms with Gasteiger partial charge < -0.3 is 19.8 Å². The van der Waals surface area contributed by atoms with E-state index in [-0.39, 0.29) is 42.9 Å². The second kappa shape index (κ2) is 11.3. The first-order valence-corrected chi connectivity index (χ1v) is 10.3. The van der Waals surface area contributed by atoms with Crippen LogP contribution in [0.15, 0.2) is 24.3 Å². The Hall–Kier alpha value is -2.16. The molecule has 1 amide bonds. The van der Waals surface area contributed by atoms with Crippen LogP contribution in [-0.2, 0) is 15.5 Å². The molecule has 0 aliphatic carbocycles. The predicted molar refractivity (Wildman–Crippen MR) is 108 cm³/mol. The van der Waals surface area contributed by atoms with Crippen LogP contribution in [0.5, 0.6) is 0 Å². The summed E-state index contributed by atoms with van der Waals surface area (Å²) in [4.78, 5) is 24.2. The van der Waals surface area contributed by atoms with Gasteiger partial charge in [-0.05, 0) is 25.7 Å². The van der Waals surface area contributed by atoms with Crippen LogP contribution < -0.4 is 5.46 Å². The molecule has 6 nitrogen and oxygen atoms in total. The van der Waals surface area contributed by atoms with Crippen LogP contribution in [0.25, 0.3) is 0 Å². The maximum atomic E-state index is 14.6. The summed E-state index contributed by atoms with van der Waals surface area (Å²) in [5.74, 6) is -4.28. The minimum Gasteiger partial charge on any atom is -0.481 e. The van der Waals surface area contributed by atoms with Gasteiger partial charge in [0.2, 0.25) is 0 Å². The molecule has 1 heterocycles. The van der Waals surface area contributed by atoms with Gasteiger partial charge in [0.15, 0.2) is 0 Å². The Morgan fingerprint density at radius 2 is 2.03 bits per heavy atom. The molecular formula is C21H28BF2NO5. The highest BCUT2D eigenvalue weighted by Gasteiger charge is 2.41. The number of halogens is 2. The molecule has 1 saturated heterocycles. The second-order valence-electron chi connectivity index (χ2n) is 7.65. The van der Waals surface area contributed by atoms with Crippen LogP contribution in [0.1, 0.15) is 56.9 Å². The predicted octanol–water partition coefficient (Wildman–Crippen LogP) is 2.96. The van der Waals surface area contributed by atoms with Crippen molar-refractivity contribution < 1.29 is 33.3 Å². The summed E-state index contributed by atoms with van der Waals surface area (Å²) in [6.07, 6.45) is 1.08. The number of carbonyl (C=O) groups is 2. The van der Waals surface area contributed by atoms with Gasteiger partial charge in [0.05, 0.1) is 6.61 Å². The average Bonchev–Trinajstić information content (AvgIpc) is 2.69. The van der Waals surface area contributed by atoms with Crippen molar-refractivity contribution in [1.29, 1.82) is 0 Å². The molecule has 1 aromatic carbocycles. The molecule has 1 aliphatic rings. The minimum atomic E-state index is -3.44. The molecule has 0 bridgehead atoms. The number of ether oxygens (including phenoxy) is 1. The van der Waals surface area contributed by atoms with Crippen LogP contribution in [0.3, 0.4) is 0 Å². The summed E-state index contributed by atoms with van der Waals surface area (Å²) in [7, 11) is 5.57. The fourth-order valence-electron chi connectivity index (χ4n) is 3.63. The Bertz CT molecular complexity index is 718. The molecule has 1 unspecified atom stereocenters. The SMILES string of the molecule is [B]c1cccc(C(F)(F)C(O)CC[C@H]2CCOC(=O)N2CCCCCCC(=O)O)c1. The molecule has 30 heavy (non-hydrogen) atoms. The molecule has 0 spiro atoms. The smallest absolute Gasteiger partial charge is 0.410 e. The number of rotatable bonds is 12. The van der Waals surface area contributed by atoms with Gasteiger partial charge in [-0.3, -0.25) is 4.79 Å². The molecule has 2 N–H and O–H groups in total. The number of amides is 1. The molecule has 0 saturated carbocycles. The second-order valence-corrected chi connectivity index (χ2v) is 7.65. The van der Waals surface area contributed by atoms with E-state index in [0.29, 0.717) is 25.8 Å². The summed E-state index contributed by atoms with van der Waals surface area (Å²) in [5, 5.41) is 18.8. The van der Waals surface area contributed by atoms with Gasteiger partial charge in [-0.15, -0.1) is 0 Å². The third kappa shape index (κ3) is 6.97. The lowest BCUT2D eigenvalue weighted by molar-refractivity contribution is -0.137. The van der Waals surface area contributed by atoms with Crippen molar-refractivity contribution in [3.63, 3.8) is 0 Å². The summed E-state index contributed by atoms with van der Waals surface area (Å²) < 4.78 is 34.2. The lowest BCUT2D eigenvalue weighted by Gasteiger charge is -2.36. The van der Waals surface area contributed by atoms with Gasteiger partial charge in [-0.1, -0.05) is 42.6 Å². The number of alkyl halides is 2. The van der Waals surface area contributed by atoms with E-state index in [1.807, 2.05) is 0 Å². The summed E-state index contributed by atoms with van der Waals surface area (Å²) >= 11 is 0. The van der Waals surface area contributed by atoms with Crippen LogP contribution in [0.4, 0.5) is 13.6 Å². The molecule has 1 aliphatic heterocycles. The Morgan fingerprint density at radius 1 is 1.30 bits per heavy atom. The number of cyclic esters (lactones) is 1. The monoisotopic (exact) mass is 423 g/mol. The van der Waals surface area contributed by atoms with Crippen molar-refractivity contribution in [1.82, 2.24) is 4.90 Å². The maximum Gasteiger partial charge on any atom is 0.410 e. The van der Waals surface area contributed by atoms with Gasteiger partial charge in [-0.2, -0.15) is 8.78 Å². The number of carboxylic acid groups (broad SMARTS) is 1. The third-order valence-corrected chi connectivity index (χ3v) is 5.35. The van der Waals surface area contributed by atoms with Crippen molar-refractivity contribution >= 4 is 25.4 Å². The summed E-state index contributed by atoms with van der Waals surface area (Å²) in [5.41, 5.74) is -0.139. The number of carbonyl (C=O) groups excluding carboxylic acids is 1. The molecule has 1 fully saturated rings. The minimum absolute atomic E-state index is 0.119. The van der Waals surface area contributed by atoms with E-state index >= 15 is 0 Å². The summed E-state index contributed by atoms with van der Waals surface area (Å²) in [6, 6.07) is 5.02. The molecule has 2 rings (SSSR count). The van der Waals surface area contributed by atoms with Gasteiger partial charge in [-0.25, -0.2) is 4.79 Å². The van der Waals surface area contributed by atoms with Crippen molar-refractivity contribution in [2.24, 2.45) is 0 Å². The number of nitrogens with zero attached hydrogens (tertiary/aromatic N) is 1. The zero-order valence-electron chi connectivity index (χ0n) is 16.9. The van der Waals surface area contributed by atoms with Gasteiger partial charge in [0, 0.05) is 31.0 Å². The van der Waals surface area contributed by atoms with Crippen molar-refractivity contribution in [2.45, 2.75) is 69.4 Å². The number of unbranched alkanes of at least 4 members (excludes halogenated alkanes) is 3. The van der Waals surface area contributed by atoms with Gasteiger partial charge >= 0.3 is 12.1 Å². The zero-order valence-corrected chi connectivity index (χ0v) is 16.9. The molecule has 2 atom stereocenters. The zero-order chi connectivity index (χ0) is 22.1. The van der Waals surface area contributed by atoms with Crippen LogP contribution in [-0.4, -0.2) is 60.3 Å². The lowest BCUT2D eigenvalue weighted by atomic mass is 9.90. The first-order chi connectivity index (χ1) is 14.2. The van der Waals surface area contributed by atoms with E-state index < -0.39 is 24.1 Å². The Balaban J connectivity index is 1.86. The first-order valence-electron chi connectivity index (χ1n) is 10.3. The quantitative estimate of drug-likeness (QED) is 0.399. The highest BCUT2D eigenvalue weighted by atomic mass is 19.3. The van der Waals surface area contributed by atoms with E-state index in [1.54, 1.807) is 0 Å². The molecule has 0 aromatic heterocycles. The van der Waals surface area contributed by atoms with Crippen molar-refractivity contribution in [2.75, 3.05) is 13.2 Å². The van der Waals surface area contributed by atoms with Gasteiger partial charge in [0.25, 0.3) is 5.92 Å². The highest BCUT2D eigenvalue weighted by Crippen LogP contribution is 2.34. The number of aliphatic hydroxyl groups excluding tert-OH is 1. The number of aliphatic carboxylic acids is 1. The Morgan fingerprint density at radius 3 is 2.73 bits per heavy atom. The molecule has 2 radical (unpaired) electrons. The number of hydrogen-bond acceptors (Lipinski definition) is 4. The van der Waals surface area contributed by atoms with E-state index in [2.05, 4.69) is 0 Å². The largest absolute Gasteiger partial charge is 0.481 e. The van der Waals surface area contributed by atoms with E-state index in [4.69, 9.17) is 17.7 Å². The van der Waals surface area contributed by atoms with E-state index in [9.17, 15) is 23.5 Å². The molecule has 9 heteroatoms. The fraction of sp³-hybridized carbons (Fsp3) is 0.619. The number of aliphatic hydroxyl groups is 1. The van der Waals surface area contributed by atoms with Crippen molar-refractivity contribution in [3.05, 3.63) is 29.8 Å². The number of carboxylic acids is 1. The van der Waals surface area contributed by atoms with Crippen molar-refractivity contribution in [3.8, 4) is 0 Å². The van der Waals surface area contributed by atoms with Crippen LogP contribution in [0.2, 0.25) is 0 Å². The average molecular weight is 423 g/mol. The van der Waals surface area contributed by atoms with Crippen LogP contribution >= 0.6 is 0 Å². The molecule has 164 valence electrons.